The van der Waals surface area contributed by atoms with Crippen molar-refractivity contribution in [3.63, 3.8) is 0 Å². The molecule has 1 unspecified atom stereocenters. The summed E-state index contributed by atoms with van der Waals surface area (Å²) in [6.07, 6.45) is 1.73. The molecule has 0 aliphatic carbocycles. The molecule has 2 aromatic rings. The van der Waals surface area contributed by atoms with Gasteiger partial charge in [-0.05, 0) is 23.6 Å². The molecule has 1 fully saturated rings. The highest BCUT2D eigenvalue weighted by Crippen LogP contribution is 2.37. The van der Waals surface area contributed by atoms with Crippen LogP contribution >= 0.6 is 0 Å². The van der Waals surface area contributed by atoms with Crippen molar-refractivity contribution < 1.29 is 19.4 Å². The van der Waals surface area contributed by atoms with Gasteiger partial charge >= 0.3 is 5.97 Å². The van der Waals surface area contributed by atoms with Crippen LogP contribution in [0.2, 0.25) is 0 Å². The molecule has 5 nitrogen and oxygen atoms in total. The normalized spacial score (nSPS) is 19.9. The van der Waals surface area contributed by atoms with Crippen LogP contribution in [0.25, 0.3) is 0 Å². The van der Waals surface area contributed by atoms with E-state index in [0.29, 0.717) is 26.3 Å². The first-order chi connectivity index (χ1) is 12.7. The van der Waals surface area contributed by atoms with E-state index < -0.39 is 5.97 Å². The van der Waals surface area contributed by atoms with Gasteiger partial charge in [-0.2, -0.15) is 0 Å². The van der Waals surface area contributed by atoms with Gasteiger partial charge in [-0.25, -0.2) is 0 Å². The van der Waals surface area contributed by atoms with Crippen molar-refractivity contribution in [2.45, 2.75) is 18.9 Å². The number of nitrogens with zero attached hydrogens (tertiary/aromatic N) is 1. The summed E-state index contributed by atoms with van der Waals surface area (Å²) in [7, 11) is 0. The van der Waals surface area contributed by atoms with Crippen molar-refractivity contribution in [2.75, 3.05) is 26.3 Å². The number of rotatable bonds is 6. The number of carboxylic acid groups (broad SMARTS) is 1. The van der Waals surface area contributed by atoms with Gasteiger partial charge in [-0.3, -0.25) is 9.69 Å². The lowest BCUT2D eigenvalue weighted by Crippen LogP contribution is -2.57. The van der Waals surface area contributed by atoms with E-state index in [1.807, 2.05) is 30.3 Å². The van der Waals surface area contributed by atoms with Crippen molar-refractivity contribution in [1.29, 1.82) is 0 Å². The predicted molar refractivity (Wildman–Crippen MR) is 97.8 cm³/mol. The number of likely N-dealkylation sites (tertiary alicyclic amines) is 1. The summed E-state index contributed by atoms with van der Waals surface area (Å²) in [5.41, 5.74) is 2.39. The molecule has 0 saturated carbocycles. The SMILES string of the molecule is O=C(O)C1CN(C2COc3c(cccc3OCCc3ccccc3)C2)C1. The fourth-order valence-electron chi connectivity index (χ4n) is 3.62. The maximum absolute atomic E-state index is 11.0. The number of benzene rings is 2. The van der Waals surface area contributed by atoms with Gasteiger partial charge in [0.15, 0.2) is 11.5 Å². The molecule has 1 N–H and O–H groups in total. The molecule has 0 radical (unpaired) electrons. The summed E-state index contributed by atoms with van der Waals surface area (Å²) < 4.78 is 12.0. The second-order valence-corrected chi connectivity index (χ2v) is 6.99. The molecule has 0 bridgehead atoms. The zero-order valence-corrected chi connectivity index (χ0v) is 14.6. The van der Waals surface area contributed by atoms with Crippen LogP contribution in [0.15, 0.2) is 48.5 Å². The van der Waals surface area contributed by atoms with Gasteiger partial charge < -0.3 is 14.6 Å². The highest BCUT2D eigenvalue weighted by Gasteiger charge is 2.38. The second kappa shape index (κ2) is 7.38. The van der Waals surface area contributed by atoms with Crippen LogP contribution in [0.3, 0.4) is 0 Å². The Morgan fingerprint density at radius 1 is 1.15 bits per heavy atom. The van der Waals surface area contributed by atoms with E-state index in [9.17, 15) is 4.79 Å². The Labute approximate surface area is 153 Å². The first-order valence-electron chi connectivity index (χ1n) is 9.09. The summed E-state index contributed by atoms with van der Waals surface area (Å²) in [6.45, 7) is 2.43. The third-order valence-electron chi connectivity index (χ3n) is 5.20. The molecule has 0 amide bonds. The van der Waals surface area contributed by atoms with E-state index in [0.717, 1.165) is 29.9 Å². The number of aliphatic carboxylic acids is 1. The van der Waals surface area contributed by atoms with Gasteiger partial charge in [0.1, 0.15) is 6.61 Å². The van der Waals surface area contributed by atoms with Gasteiger partial charge in [0.25, 0.3) is 0 Å². The van der Waals surface area contributed by atoms with Crippen molar-refractivity contribution in [1.82, 2.24) is 4.90 Å². The minimum absolute atomic E-state index is 0.232. The number of carboxylic acids is 1. The van der Waals surface area contributed by atoms with Gasteiger partial charge in [-0.15, -0.1) is 0 Å². The Hall–Kier alpha value is -2.53. The van der Waals surface area contributed by atoms with Crippen LogP contribution < -0.4 is 9.47 Å². The summed E-state index contributed by atoms with van der Waals surface area (Å²) in [4.78, 5) is 13.2. The average Bonchev–Trinajstić information content (AvgIpc) is 2.61. The first-order valence-corrected chi connectivity index (χ1v) is 9.09. The molecule has 1 saturated heterocycles. The van der Waals surface area contributed by atoms with Gasteiger partial charge in [0.2, 0.25) is 0 Å². The second-order valence-electron chi connectivity index (χ2n) is 6.99. The largest absolute Gasteiger partial charge is 0.489 e. The van der Waals surface area contributed by atoms with Crippen molar-refractivity contribution in [3.8, 4) is 11.5 Å². The first kappa shape index (κ1) is 16.9. The number of hydrogen-bond donors (Lipinski definition) is 1. The number of carbonyl (C=O) groups is 1. The van der Waals surface area contributed by atoms with Crippen LogP contribution in [-0.2, 0) is 17.6 Å². The van der Waals surface area contributed by atoms with E-state index in [2.05, 4.69) is 23.1 Å². The molecular formula is C21H23NO4. The molecular weight excluding hydrogens is 330 g/mol. The monoisotopic (exact) mass is 353 g/mol. The predicted octanol–water partition coefficient (Wildman–Crippen LogP) is 2.63. The molecule has 2 aliphatic rings. The van der Waals surface area contributed by atoms with Crippen LogP contribution in [0, 0.1) is 5.92 Å². The Balaban J connectivity index is 1.35. The molecule has 136 valence electrons. The lowest BCUT2D eigenvalue weighted by atomic mass is 9.93. The summed E-state index contributed by atoms with van der Waals surface area (Å²) in [5, 5.41) is 9.03. The molecule has 2 aliphatic heterocycles. The van der Waals surface area contributed by atoms with Crippen molar-refractivity contribution >= 4 is 5.97 Å². The molecule has 2 heterocycles. The molecule has 5 heteroatoms. The Kier molecular flexibility index (Phi) is 4.80. The van der Waals surface area contributed by atoms with Crippen LogP contribution in [0.5, 0.6) is 11.5 Å². The maximum Gasteiger partial charge on any atom is 0.309 e. The number of fused-ring (bicyclic) bond motifs is 1. The van der Waals surface area contributed by atoms with E-state index in [1.165, 1.54) is 5.56 Å². The summed E-state index contributed by atoms with van der Waals surface area (Å²) in [5.74, 6) is 0.701. The molecule has 0 spiro atoms. The highest BCUT2D eigenvalue weighted by atomic mass is 16.5. The van der Waals surface area contributed by atoms with Crippen molar-refractivity contribution in [2.24, 2.45) is 5.92 Å². The number of hydrogen-bond acceptors (Lipinski definition) is 4. The van der Waals surface area contributed by atoms with Gasteiger partial charge in [0, 0.05) is 25.6 Å². The van der Waals surface area contributed by atoms with E-state index in [4.69, 9.17) is 14.6 Å². The molecule has 1 atom stereocenters. The Morgan fingerprint density at radius 2 is 1.96 bits per heavy atom. The fourth-order valence-corrected chi connectivity index (χ4v) is 3.62. The zero-order chi connectivity index (χ0) is 17.9. The lowest BCUT2D eigenvalue weighted by molar-refractivity contribution is -0.149. The quantitative estimate of drug-likeness (QED) is 0.865. The molecule has 26 heavy (non-hydrogen) atoms. The number of ether oxygens (including phenoxy) is 2. The van der Waals surface area contributed by atoms with Gasteiger partial charge in [-0.1, -0.05) is 42.5 Å². The smallest absolute Gasteiger partial charge is 0.309 e. The lowest BCUT2D eigenvalue weighted by Gasteiger charge is -2.44. The molecule has 4 rings (SSSR count). The minimum atomic E-state index is -0.701. The minimum Gasteiger partial charge on any atom is -0.489 e. The van der Waals surface area contributed by atoms with Crippen LogP contribution in [-0.4, -0.2) is 48.3 Å². The van der Waals surface area contributed by atoms with E-state index in [1.54, 1.807) is 0 Å². The number of para-hydroxylation sites is 1. The van der Waals surface area contributed by atoms with Crippen LogP contribution in [0.4, 0.5) is 0 Å². The highest BCUT2D eigenvalue weighted by molar-refractivity contribution is 5.71. The topological polar surface area (TPSA) is 59.0 Å². The maximum atomic E-state index is 11.0. The third-order valence-corrected chi connectivity index (χ3v) is 5.20. The van der Waals surface area contributed by atoms with E-state index >= 15 is 0 Å². The van der Waals surface area contributed by atoms with E-state index in [-0.39, 0.29) is 12.0 Å². The molecule has 2 aromatic carbocycles. The van der Waals surface area contributed by atoms with Crippen LogP contribution in [0.1, 0.15) is 11.1 Å². The fraction of sp³-hybridized carbons (Fsp3) is 0.381. The summed E-state index contributed by atoms with van der Waals surface area (Å²) >= 11 is 0. The van der Waals surface area contributed by atoms with Gasteiger partial charge in [0.05, 0.1) is 12.5 Å². The standard InChI is InChI=1S/C21H23NO4/c23-21(24)17-12-22(13-17)18-11-16-7-4-8-19(20(16)26-14-18)25-10-9-15-5-2-1-3-6-15/h1-8,17-18H,9-14H2,(H,23,24). The average molecular weight is 353 g/mol. The summed E-state index contributed by atoms with van der Waals surface area (Å²) in [6, 6.07) is 16.6. The Bertz CT molecular complexity index is 771. The third kappa shape index (κ3) is 3.53. The van der Waals surface area contributed by atoms with Crippen molar-refractivity contribution in [3.05, 3.63) is 59.7 Å². The Morgan fingerprint density at radius 3 is 2.73 bits per heavy atom. The zero-order valence-electron chi connectivity index (χ0n) is 14.6. The molecule has 0 aromatic heterocycles.